The molecule has 0 unspecified atom stereocenters. The van der Waals surface area contributed by atoms with Gasteiger partial charge in [-0.1, -0.05) is 0 Å². The predicted molar refractivity (Wildman–Crippen MR) is 65.2 cm³/mol. The molecule has 1 fully saturated rings. The van der Waals surface area contributed by atoms with Gasteiger partial charge in [-0.2, -0.15) is 0 Å². The molecule has 16 heavy (non-hydrogen) atoms. The standard InChI is InChI=1S/C10H16N2O2S2/c1-7-6-15-9(5-11-2)10(7)16(13,14)12-8-3-4-8/h6,8,11-12H,3-5H2,1-2H3. The molecule has 1 saturated carbocycles. The molecule has 1 aromatic heterocycles. The van der Waals surface area contributed by atoms with Crippen molar-refractivity contribution in [3.8, 4) is 0 Å². The first-order valence-corrected chi connectivity index (χ1v) is 7.65. The van der Waals surface area contributed by atoms with Crippen LogP contribution in [0.2, 0.25) is 0 Å². The van der Waals surface area contributed by atoms with E-state index < -0.39 is 10.0 Å². The Morgan fingerprint density at radius 2 is 2.19 bits per heavy atom. The van der Waals surface area contributed by atoms with E-state index in [0.717, 1.165) is 23.3 Å². The normalized spacial score (nSPS) is 16.6. The fraction of sp³-hybridized carbons (Fsp3) is 0.600. The Morgan fingerprint density at radius 3 is 2.75 bits per heavy atom. The summed E-state index contributed by atoms with van der Waals surface area (Å²) >= 11 is 1.49. The van der Waals surface area contributed by atoms with Crippen LogP contribution in [0.5, 0.6) is 0 Å². The van der Waals surface area contributed by atoms with Crippen LogP contribution in [-0.2, 0) is 16.6 Å². The molecule has 0 bridgehead atoms. The van der Waals surface area contributed by atoms with Crippen molar-refractivity contribution in [1.82, 2.24) is 10.0 Å². The van der Waals surface area contributed by atoms with Crippen molar-refractivity contribution in [3.63, 3.8) is 0 Å². The van der Waals surface area contributed by atoms with Gasteiger partial charge in [0.25, 0.3) is 0 Å². The summed E-state index contributed by atoms with van der Waals surface area (Å²) in [4.78, 5) is 1.35. The van der Waals surface area contributed by atoms with Crippen LogP contribution in [0.4, 0.5) is 0 Å². The second-order valence-electron chi connectivity index (χ2n) is 4.10. The Balaban J connectivity index is 2.32. The Morgan fingerprint density at radius 1 is 1.50 bits per heavy atom. The molecule has 0 amide bonds. The molecule has 0 spiro atoms. The molecule has 1 heterocycles. The Bertz CT molecular complexity index is 475. The summed E-state index contributed by atoms with van der Waals surface area (Å²) in [6, 6.07) is 0.159. The molecule has 2 rings (SSSR count). The zero-order chi connectivity index (χ0) is 11.8. The van der Waals surface area contributed by atoms with Crippen LogP contribution >= 0.6 is 11.3 Å². The fourth-order valence-corrected chi connectivity index (χ4v) is 4.74. The molecule has 1 aliphatic carbocycles. The van der Waals surface area contributed by atoms with E-state index in [0.29, 0.717) is 11.4 Å². The van der Waals surface area contributed by atoms with E-state index in [4.69, 9.17) is 0 Å². The van der Waals surface area contributed by atoms with Crippen molar-refractivity contribution in [3.05, 3.63) is 15.8 Å². The van der Waals surface area contributed by atoms with Gasteiger partial charge in [-0.25, -0.2) is 13.1 Å². The molecule has 4 nitrogen and oxygen atoms in total. The third-order valence-electron chi connectivity index (χ3n) is 2.49. The lowest BCUT2D eigenvalue weighted by atomic mass is 10.3. The molecule has 0 atom stereocenters. The Labute approximate surface area is 100 Å². The summed E-state index contributed by atoms with van der Waals surface area (Å²) < 4.78 is 27.0. The molecule has 1 aromatic rings. The highest BCUT2D eigenvalue weighted by Crippen LogP contribution is 2.29. The lowest BCUT2D eigenvalue weighted by Gasteiger charge is -2.07. The van der Waals surface area contributed by atoms with Crippen molar-refractivity contribution in [2.24, 2.45) is 0 Å². The highest BCUT2D eigenvalue weighted by Gasteiger charge is 2.30. The van der Waals surface area contributed by atoms with Gasteiger partial charge in [0.15, 0.2) is 0 Å². The van der Waals surface area contributed by atoms with Crippen molar-refractivity contribution in [1.29, 1.82) is 0 Å². The summed E-state index contributed by atoms with van der Waals surface area (Å²) in [7, 11) is -1.50. The third-order valence-corrected chi connectivity index (χ3v) is 5.48. The molecule has 1 aliphatic rings. The van der Waals surface area contributed by atoms with Crippen molar-refractivity contribution >= 4 is 21.4 Å². The van der Waals surface area contributed by atoms with Crippen LogP contribution in [0.15, 0.2) is 10.3 Å². The van der Waals surface area contributed by atoms with E-state index in [-0.39, 0.29) is 6.04 Å². The van der Waals surface area contributed by atoms with Gasteiger partial charge in [0.1, 0.15) is 4.90 Å². The molecule has 2 N–H and O–H groups in total. The highest BCUT2D eigenvalue weighted by molar-refractivity contribution is 7.89. The van der Waals surface area contributed by atoms with E-state index in [1.165, 1.54) is 11.3 Å². The first-order valence-electron chi connectivity index (χ1n) is 5.28. The van der Waals surface area contributed by atoms with Crippen LogP contribution in [0.3, 0.4) is 0 Å². The van der Waals surface area contributed by atoms with Gasteiger partial charge in [0, 0.05) is 17.5 Å². The monoisotopic (exact) mass is 260 g/mol. The molecular formula is C10H16N2O2S2. The minimum absolute atomic E-state index is 0.159. The van der Waals surface area contributed by atoms with Gasteiger partial charge in [0.2, 0.25) is 10.0 Å². The quantitative estimate of drug-likeness (QED) is 0.837. The molecule has 6 heteroatoms. The third kappa shape index (κ3) is 2.45. The summed E-state index contributed by atoms with van der Waals surface area (Å²) in [6.45, 7) is 2.44. The van der Waals surface area contributed by atoms with Gasteiger partial charge >= 0.3 is 0 Å². The maximum atomic E-state index is 12.1. The Kier molecular flexibility index (Phi) is 3.34. The van der Waals surface area contributed by atoms with Gasteiger partial charge in [-0.3, -0.25) is 0 Å². The van der Waals surface area contributed by atoms with Crippen LogP contribution < -0.4 is 10.0 Å². The Hall–Kier alpha value is -0.430. The smallest absolute Gasteiger partial charge is 0.242 e. The SMILES string of the molecule is CNCc1scc(C)c1S(=O)(=O)NC1CC1. The first-order chi connectivity index (χ1) is 7.54. The van der Waals surface area contributed by atoms with E-state index in [9.17, 15) is 8.42 Å². The number of rotatable bonds is 5. The molecule has 90 valence electrons. The van der Waals surface area contributed by atoms with Gasteiger partial charge < -0.3 is 5.32 Å². The molecule has 0 saturated heterocycles. The van der Waals surface area contributed by atoms with Crippen molar-refractivity contribution in [2.75, 3.05) is 7.05 Å². The summed E-state index contributed by atoms with van der Waals surface area (Å²) in [5.41, 5.74) is 0.836. The van der Waals surface area contributed by atoms with Crippen LogP contribution in [0.25, 0.3) is 0 Å². The predicted octanol–water partition coefficient (Wildman–Crippen LogP) is 1.22. The average Bonchev–Trinajstić information content (AvgIpc) is 2.89. The van der Waals surface area contributed by atoms with E-state index in [1.54, 1.807) is 0 Å². The maximum Gasteiger partial charge on any atom is 0.242 e. The lowest BCUT2D eigenvalue weighted by Crippen LogP contribution is -2.27. The minimum Gasteiger partial charge on any atom is -0.315 e. The topological polar surface area (TPSA) is 58.2 Å². The largest absolute Gasteiger partial charge is 0.315 e. The number of nitrogens with one attached hydrogen (secondary N) is 2. The van der Waals surface area contributed by atoms with Gasteiger partial charge in [-0.15, -0.1) is 11.3 Å². The molecular weight excluding hydrogens is 244 g/mol. The number of hydrogen-bond acceptors (Lipinski definition) is 4. The molecule has 0 radical (unpaired) electrons. The minimum atomic E-state index is -3.32. The second kappa shape index (κ2) is 4.44. The highest BCUT2D eigenvalue weighted by atomic mass is 32.2. The second-order valence-corrected chi connectivity index (χ2v) is 6.71. The van der Waals surface area contributed by atoms with Crippen LogP contribution in [0, 0.1) is 6.92 Å². The van der Waals surface area contributed by atoms with Gasteiger partial charge in [-0.05, 0) is 37.8 Å². The van der Waals surface area contributed by atoms with Crippen molar-refractivity contribution in [2.45, 2.75) is 37.2 Å². The summed E-state index contributed by atoms with van der Waals surface area (Å²) in [6.07, 6.45) is 1.92. The molecule has 0 aromatic carbocycles. The number of aryl methyl sites for hydroxylation is 1. The number of hydrogen-bond donors (Lipinski definition) is 2. The zero-order valence-electron chi connectivity index (χ0n) is 9.41. The molecule has 0 aliphatic heterocycles. The maximum absolute atomic E-state index is 12.1. The van der Waals surface area contributed by atoms with E-state index in [2.05, 4.69) is 10.0 Å². The summed E-state index contributed by atoms with van der Waals surface area (Å²) in [5.74, 6) is 0. The van der Waals surface area contributed by atoms with Crippen LogP contribution in [0.1, 0.15) is 23.3 Å². The van der Waals surface area contributed by atoms with E-state index in [1.807, 2.05) is 19.4 Å². The van der Waals surface area contributed by atoms with Gasteiger partial charge in [0.05, 0.1) is 0 Å². The first kappa shape index (κ1) is 12.0. The zero-order valence-corrected chi connectivity index (χ0v) is 11.0. The fourth-order valence-electron chi connectivity index (χ4n) is 1.61. The summed E-state index contributed by atoms with van der Waals surface area (Å²) in [5, 5.41) is 4.89. The van der Waals surface area contributed by atoms with Crippen LogP contribution in [-0.4, -0.2) is 21.5 Å². The number of thiophene rings is 1. The average molecular weight is 260 g/mol. The van der Waals surface area contributed by atoms with E-state index >= 15 is 0 Å². The van der Waals surface area contributed by atoms with Crippen molar-refractivity contribution < 1.29 is 8.42 Å². The number of sulfonamides is 1. The lowest BCUT2D eigenvalue weighted by molar-refractivity contribution is 0.579.